The zero-order valence-corrected chi connectivity index (χ0v) is 21.3. The van der Waals surface area contributed by atoms with E-state index < -0.39 is 7.60 Å². The molecule has 3 aromatic rings. The molecule has 0 aliphatic carbocycles. The van der Waals surface area contributed by atoms with Gasteiger partial charge in [0.15, 0.2) is 0 Å². The first-order chi connectivity index (χ1) is 16.7. The van der Waals surface area contributed by atoms with E-state index in [0.29, 0.717) is 30.8 Å². The number of nitrogens with zero attached hydrogens (tertiary/aromatic N) is 1. The Bertz CT molecular complexity index is 1190. The molecule has 0 heterocycles. The minimum absolute atomic E-state index is 0.122. The number of ether oxygens (including phenoxy) is 1. The first-order valence-corrected chi connectivity index (χ1v) is 13.5. The van der Waals surface area contributed by atoms with Crippen molar-refractivity contribution in [2.24, 2.45) is 0 Å². The van der Waals surface area contributed by atoms with Crippen LogP contribution in [0.15, 0.2) is 54.6 Å². The molecule has 0 spiro atoms. The van der Waals surface area contributed by atoms with E-state index in [9.17, 15) is 9.36 Å². The fraction of sp³-hybridized carbons (Fsp3) is 0.346. The van der Waals surface area contributed by atoms with Crippen LogP contribution in [0.1, 0.15) is 35.7 Å². The van der Waals surface area contributed by atoms with Crippen molar-refractivity contribution in [1.82, 2.24) is 5.32 Å². The average molecular weight is 500 g/mol. The third kappa shape index (κ3) is 7.80. The number of fused-ring (bicyclic) bond motifs is 1. The zero-order chi connectivity index (χ0) is 25.4. The summed E-state index contributed by atoms with van der Waals surface area (Å²) in [6.07, 6.45) is 1.28. The van der Waals surface area contributed by atoms with Crippen LogP contribution in [0.5, 0.6) is 5.75 Å². The highest BCUT2D eigenvalue weighted by atomic mass is 31.2. The van der Waals surface area contributed by atoms with Crippen LogP contribution >= 0.6 is 7.60 Å². The Morgan fingerprint density at radius 3 is 2.49 bits per heavy atom. The van der Waals surface area contributed by atoms with E-state index in [2.05, 4.69) is 22.5 Å². The lowest BCUT2D eigenvalue weighted by atomic mass is 10.0. The van der Waals surface area contributed by atoms with Gasteiger partial charge in [-0.15, -0.1) is 0 Å². The molecule has 0 radical (unpaired) electrons. The Morgan fingerprint density at radius 2 is 1.83 bits per heavy atom. The van der Waals surface area contributed by atoms with Crippen LogP contribution in [0, 0.1) is 0 Å². The molecule has 0 aromatic heterocycles. The second-order valence-electron chi connectivity index (χ2n) is 8.57. The molecule has 0 bridgehead atoms. The van der Waals surface area contributed by atoms with E-state index in [4.69, 9.17) is 14.5 Å². The molecule has 9 heteroatoms. The van der Waals surface area contributed by atoms with Crippen molar-refractivity contribution in [3.63, 3.8) is 0 Å². The van der Waals surface area contributed by atoms with Gasteiger partial charge < -0.3 is 30.1 Å². The summed E-state index contributed by atoms with van der Waals surface area (Å²) in [6, 6.07) is 17.2. The van der Waals surface area contributed by atoms with Crippen LogP contribution in [-0.2, 0) is 11.1 Å². The maximum absolute atomic E-state index is 13.1. The average Bonchev–Trinajstić information content (AvgIpc) is 2.83. The molecule has 3 aromatic carbocycles. The van der Waals surface area contributed by atoms with Gasteiger partial charge in [0.2, 0.25) is 0 Å². The highest BCUT2D eigenvalue weighted by Gasteiger charge is 2.14. The van der Waals surface area contributed by atoms with Gasteiger partial charge in [-0.3, -0.25) is 9.36 Å². The van der Waals surface area contributed by atoms with E-state index in [1.807, 2.05) is 61.6 Å². The summed E-state index contributed by atoms with van der Waals surface area (Å²) in [5.41, 5.74) is 3.27. The minimum Gasteiger partial charge on any atom is -0.497 e. The number of rotatable bonds is 12. The Kier molecular flexibility index (Phi) is 9.29. The van der Waals surface area contributed by atoms with Gasteiger partial charge in [-0.2, -0.15) is 0 Å². The van der Waals surface area contributed by atoms with Crippen molar-refractivity contribution < 1.29 is 23.9 Å². The largest absolute Gasteiger partial charge is 0.497 e. The van der Waals surface area contributed by atoms with Gasteiger partial charge in [0.1, 0.15) is 5.75 Å². The Balaban J connectivity index is 1.69. The predicted molar refractivity (Wildman–Crippen MR) is 142 cm³/mol. The molecule has 0 aliphatic rings. The summed E-state index contributed by atoms with van der Waals surface area (Å²) in [5, 5.41) is 8.15. The fourth-order valence-corrected chi connectivity index (χ4v) is 4.47. The summed E-state index contributed by atoms with van der Waals surface area (Å²) in [7, 11) is -0.271. The van der Waals surface area contributed by atoms with Gasteiger partial charge in [-0.05, 0) is 66.7 Å². The van der Waals surface area contributed by atoms with Gasteiger partial charge in [0.05, 0.1) is 13.3 Å². The SMILES string of the molecule is CCCN(C)c1cc(C(=O)Nc2ccc(CNCCCP(=O)(O)O)cc2)cc2ccc(OC)cc12. The van der Waals surface area contributed by atoms with Crippen molar-refractivity contribution in [2.75, 3.05) is 43.6 Å². The molecule has 4 N–H and O–H groups in total. The van der Waals surface area contributed by atoms with E-state index in [1.165, 1.54) is 0 Å². The molecule has 0 saturated heterocycles. The smallest absolute Gasteiger partial charge is 0.325 e. The molecular formula is C26H34N3O5P. The predicted octanol–water partition coefficient (Wildman–Crippen LogP) is 4.60. The van der Waals surface area contributed by atoms with Crippen LogP contribution in [0.4, 0.5) is 11.4 Å². The van der Waals surface area contributed by atoms with Gasteiger partial charge in [-0.1, -0.05) is 25.1 Å². The fourth-order valence-electron chi connectivity index (χ4n) is 3.90. The molecule has 0 aliphatic heterocycles. The van der Waals surface area contributed by atoms with Gasteiger partial charge >= 0.3 is 7.60 Å². The maximum Gasteiger partial charge on any atom is 0.325 e. The number of hydrogen-bond acceptors (Lipinski definition) is 5. The van der Waals surface area contributed by atoms with Gasteiger partial charge in [0, 0.05) is 42.5 Å². The van der Waals surface area contributed by atoms with E-state index in [1.54, 1.807) is 7.11 Å². The van der Waals surface area contributed by atoms with Crippen LogP contribution < -0.4 is 20.3 Å². The first kappa shape index (κ1) is 26.7. The topological polar surface area (TPSA) is 111 Å². The van der Waals surface area contributed by atoms with Crippen molar-refractivity contribution in [3.05, 3.63) is 65.7 Å². The lowest BCUT2D eigenvalue weighted by Crippen LogP contribution is -2.19. The van der Waals surface area contributed by atoms with Crippen molar-refractivity contribution in [1.29, 1.82) is 0 Å². The van der Waals surface area contributed by atoms with Crippen LogP contribution in [0.2, 0.25) is 0 Å². The highest BCUT2D eigenvalue weighted by Crippen LogP contribution is 2.34. The van der Waals surface area contributed by atoms with Crippen LogP contribution in [0.25, 0.3) is 10.8 Å². The van der Waals surface area contributed by atoms with Crippen molar-refractivity contribution >= 4 is 35.7 Å². The van der Waals surface area contributed by atoms with E-state index in [-0.39, 0.29) is 12.1 Å². The molecule has 3 rings (SSSR count). The summed E-state index contributed by atoms with van der Waals surface area (Å²) in [6.45, 7) is 4.09. The Hall–Kier alpha value is -2.90. The molecule has 8 nitrogen and oxygen atoms in total. The normalized spacial score (nSPS) is 11.5. The molecule has 0 fully saturated rings. The standard InChI is InChI=1S/C26H34N3O5P/c1-4-13-29(2)25-16-21(15-20-8-11-23(34-3)17-24(20)25)26(30)28-22-9-6-19(7-10-22)18-27-12-5-14-35(31,32)33/h6-11,15-17,27H,4-5,12-14,18H2,1-3H3,(H,28,30)(H2,31,32,33). The maximum atomic E-state index is 13.1. The number of nitrogens with one attached hydrogen (secondary N) is 2. The molecule has 0 saturated carbocycles. The molecule has 35 heavy (non-hydrogen) atoms. The number of carbonyl (C=O) groups is 1. The van der Waals surface area contributed by atoms with Crippen LogP contribution in [0.3, 0.4) is 0 Å². The summed E-state index contributed by atoms with van der Waals surface area (Å²) in [4.78, 5) is 33.0. The Morgan fingerprint density at radius 1 is 1.09 bits per heavy atom. The number of carbonyl (C=O) groups excluding carboxylic acids is 1. The lowest BCUT2D eigenvalue weighted by molar-refractivity contribution is 0.102. The number of hydrogen-bond donors (Lipinski definition) is 4. The number of anilines is 2. The number of benzene rings is 3. The number of amides is 1. The Labute approximate surface area is 206 Å². The van der Waals surface area contributed by atoms with Gasteiger partial charge in [0.25, 0.3) is 5.91 Å². The van der Waals surface area contributed by atoms with E-state index in [0.717, 1.165) is 40.7 Å². The lowest BCUT2D eigenvalue weighted by Gasteiger charge is -2.22. The molecule has 188 valence electrons. The monoisotopic (exact) mass is 499 g/mol. The zero-order valence-electron chi connectivity index (χ0n) is 20.5. The van der Waals surface area contributed by atoms with Gasteiger partial charge in [-0.25, -0.2) is 0 Å². The summed E-state index contributed by atoms with van der Waals surface area (Å²) < 4.78 is 16.3. The third-order valence-electron chi connectivity index (χ3n) is 5.72. The van der Waals surface area contributed by atoms with Crippen LogP contribution in [-0.4, -0.2) is 49.1 Å². The second-order valence-corrected chi connectivity index (χ2v) is 10.4. The quantitative estimate of drug-likeness (QED) is 0.213. The molecule has 0 unspecified atom stereocenters. The summed E-state index contributed by atoms with van der Waals surface area (Å²) in [5.74, 6) is 0.592. The van der Waals surface area contributed by atoms with Crippen molar-refractivity contribution in [2.45, 2.75) is 26.3 Å². The molecule has 1 amide bonds. The second kappa shape index (κ2) is 12.2. The number of methoxy groups -OCH3 is 1. The molecular weight excluding hydrogens is 465 g/mol. The van der Waals surface area contributed by atoms with Crippen molar-refractivity contribution in [3.8, 4) is 5.75 Å². The first-order valence-electron chi connectivity index (χ1n) is 11.7. The molecule has 0 atom stereocenters. The van der Waals surface area contributed by atoms with E-state index >= 15 is 0 Å². The highest BCUT2D eigenvalue weighted by molar-refractivity contribution is 7.51. The minimum atomic E-state index is -3.94. The summed E-state index contributed by atoms with van der Waals surface area (Å²) >= 11 is 0. The third-order valence-corrected chi connectivity index (χ3v) is 6.61.